The average Bonchev–Trinajstić information content (AvgIpc) is 3.09. The average molecular weight is 353 g/mol. The highest BCUT2D eigenvalue weighted by Crippen LogP contribution is 2.27. The summed E-state index contributed by atoms with van der Waals surface area (Å²) in [7, 11) is 1.44. The first kappa shape index (κ1) is 17.8. The molecule has 8 heteroatoms. The van der Waals surface area contributed by atoms with Crippen LogP contribution in [0.25, 0.3) is 0 Å². The molecule has 1 aromatic carbocycles. The van der Waals surface area contributed by atoms with Gasteiger partial charge in [-0.2, -0.15) is 0 Å². The molecule has 0 fully saturated rings. The van der Waals surface area contributed by atoms with Crippen LogP contribution < -0.4 is 15.4 Å². The van der Waals surface area contributed by atoms with Crippen molar-refractivity contribution in [2.75, 3.05) is 19.0 Å². The van der Waals surface area contributed by atoms with Crippen LogP contribution in [0.15, 0.2) is 41.0 Å². The van der Waals surface area contributed by atoms with E-state index in [2.05, 4.69) is 10.6 Å². The quantitative estimate of drug-likeness (QED) is 0.691. The van der Waals surface area contributed by atoms with Crippen molar-refractivity contribution < 1.29 is 23.8 Å². The van der Waals surface area contributed by atoms with Crippen molar-refractivity contribution in [3.63, 3.8) is 0 Å². The van der Waals surface area contributed by atoms with Gasteiger partial charge < -0.3 is 24.9 Å². The lowest BCUT2D eigenvalue weighted by molar-refractivity contribution is -0.136. The van der Waals surface area contributed by atoms with Crippen LogP contribution in [0.1, 0.15) is 18.3 Å². The normalized spacial score (nSPS) is 11.6. The minimum Gasteiger partial charge on any atom is -0.495 e. The van der Waals surface area contributed by atoms with Crippen molar-refractivity contribution in [1.82, 2.24) is 5.32 Å². The smallest absolute Gasteiger partial charge is 0.313 e. The van der Waals surface area contributed by atoms with Crippen molar-refractivity contribution in [1.29, 1.82) is 0 Å². The molecule has 1 unspecified atom stereocenters. The molecule has 3 N–H and O–H groups in total. The molecule has 2 amide bonds. The van der Waals surface area contributed by atoms with Crippen LogP contribution in [0.4, 0.5) is 5.69 Å². The number of benzene rings is 1. The highest BCUT2D eigenvalue weighted by Gasteiger charge is 2.17. The van der Waals surface area contributed by atoms with Gasteiger partial charge in [-0.25, -0.2) is 0 Å². The van der Waals surface area contributed by atoms with Gasteiger partial charge in [-0.1, -0.05) is 11.6 Å². The number of anilines is 1. The minimum atomic E-state index is -0.858. The Morgan fingerprint density at radius 2 is 2.12 bits per heavy atom. The van der Waals surface area contributed by atoms with Crippen LogP contribution in [0.5, 0.6) is 5.75 Å². The van der Waals surface area contributed by atoms with E-state index >= 15 is 0 Å². The Labute approximate surface area is 143 Å². The largest absolute Gasteiger partial charge is 0.495 e. The van der Waals surface area contributed by atoms with Crippen LogP contribution in [0, 0.1) is 0 Å². The number of aliphatic hydroxyl groups is 1. The summed E-state index contributed by atoms with van der Waals surface area (Å²) in [4.78, 5) is 23.7. The Morgan fingerprint density at radius 1 is 1.33 bits per heavy atom. The van der Waals surface area contributed by atoms with Crippen molar-refractivity contribution in [2.45, 2.75) is 12.5 Å². The monoisotopic (exact) mass is 352 g/mol. The lowest BCUT2D eigenvalue weighted by Gasteiger charge is -2.11. The van der Waals surface area contributed by atoms with E-state index in [1.54, 1.807) is 24.3 Å². The van der Waals surface area contributed by atoms with E-state index in [-0.39, 0.29) is 13.0 Å². The third-order valence-corrected chi connectivity index (χ3v) is 3.43. The number of hydrogen-bond acceptors (Lipinski definition) is 5. The summed E-state index contributed by atoms with van der Waals surface area (Å²) in [5.41, 5.74) is 0.292. The van der Waals surface area contributed by atoms with Gasteiger partial charge in [0.25, 0.3) is 0 Å². The molecular weight excluding hydrogens is 336 g/mol. The van der Waals surface area contributed by atoms with E-state index in [0.717, 1.165) is 0 Å². The summed E-state index contributed by atoms with van der Waals surface area (Å²) >= 11 is 5.86. The van der Waals surface area contributed by atoms with Crippen molar-refractivity contribution in [2.24, 2.45) is 0 Å². The van der Waals surface area contributed by atoms with Crippen LogP contribution in [0.3, 0.4) is 0 Å². The number of rotatable bonds is 6. The molecule has 0 bridgehead atoms. The van der Waals surface area contributed by atoms with E-state index in [1.807, 2.05) is 0 Å². The molecule has 1 heterocycles. The predicted molar refractivity (Wildman–Crippen MR) is 87.9 cm³/mol. The summed E-state index contributed by atoms with van der Waals surface area (Å²) in [5, 5.41) is 15.1. The van der Waals surface area contributed by atoms with Crippen LogP contribution >= 0.6 is 11.6 Å². The molecule has 1 aromatic heterocycles. The Morgan fingerprint density at radius 3 is 2.79 bits per heavy atom. The fraction of sp³-hybridized carbons (Fsp3) is 0.250. The van der Waals surface area contributed by atoms with Gasteiger partial charge in [0.2, 0.25) is 0 Å². The van der Waals surface area contributed by atoms with E-state index in [9.17, 15) is 14.7 Å². The topological polar surface area (TPSA) is 101 Å². The molecule has 0 spiro atoms. The first-order valence-electron chi connectivity index (χ1n) is 7.15. The molecule has 7 nitrogen and oxygen atoms in total. The lowest BCUT2D eigenvalue weighted by atomic mass is 10.2. The number of halogens is 1. The number of hydrogen-bond donors (Lipinski definition) is 3. The summed E-state index contributed by atoms with van der Waals surface area (Å²) in [6.45, 7) is 0.112. The third kappa shape index (κ3) is 4.74. The van der Waals surface area contributed by atoms with Gasteiger partial charge in [-0.05, 0) is 36.8 Å². The zero-order valence-corrected chi connectivity index (χ0v) is 13.7. The van der Waals surface area contributed by atoms with Gasteiger partial charge in [0.1, 0.15) is 17.6 Å². The number of furan rings is 1. The van der Waals surface area contributed by atoms with Gasteiger partial charge >= 0.3 is 11.8 Å². The lowest BCUT2D eigenvalue weighted by Crippen LogP contribution is -2.36. The number of aliphatic hydroxyl groups excluding tert-OH is 1. The van der Waals surface area contributed by atoms with E-state index in [0.29, 0.717) is 22.2 Å². The molecule has 1 atom stereocenters. The van der Waals surface area contributed by atoms with Crippen LogP contribution in [0.2, 0.25) is 5.02 Å². The van der Waals surface area contributed by atoms with Gasteiger partial charge in [-0.3, -0.25) is 9.59 Å². The second kappa shape index (κ2) is 8.37. The number of methoxy groups -OCH3 is 1. The van der Waals surface area contributed by atoms with Gasteiger partial charge in [0.15, 0.2) is 0 Å². The van der Waals surface area contributed by atoms with Crippen molar-refractivity contribution >= 4 is 29.1 Å². The molecule has 0 aliphatic rings. The van der Waals surface area contributed by atoms with Gasteiger partial charge in [0, 0.05) is 11.6 Å². The summed E-state index contributed by atoms with van der Waals surface area (Å²) in [6, 6.07) is 7.95. The molecule has 0 radical (unpaired) electrons. The molecule has 2 rings (SSSR count). The Kier molecular flexibility index (Phi) is 6.22. The minimum absolute atomic E-state index is 0.112. The molecule has 0 aliphatic heterocycles. The van der Waals surface area contributed by atoms with Crippen LogP contribution in [-0.4, -0.2) is 30.6 Å². The number of carbonyl (C=O) groups is 2. The Balaban J connectivity index is 1.84. The molecule has 128 valence electrons. The van der Waals surface area contributed by atoms with E-state index in [1.165, 1.54) is 19.4 Å². The molecular formula is C16H17ClN2O5. The zero-order valence-electron chi connectivity index (χ0n) is 12.9. The number of amides is 2. The van der Waals surface area contributed by atoms with Crippen molar-refractivity contribution in [3.05, 3.63) is 47.4 Å². The second-order valence-electron chi connectivity index (χ2n) is 4.87. The third-order valence-electron chi connectivity index (χ3n) is 3.19. The Hall–Kier alpha value is -2.51. The molecule has 0 saturated carbocycles. The molecule has 0 saturated heterocycles. The van der Waals surface area contributed by atoms with E-state index < -0.39 is 17.9 Å². The highest BCUT2D eigenvalue weighted by molar-refractivity contribution is 6.40. The fourth-order valence-corrected chi connectivity index (χ4v) is 2.15. The Bertz CT molecular complexity index is 702. The summed E-state index contributed by atoms with van der Waals surface area (Å²) < 4.78 is 10.1. The maximum absolute atomic E-state index is 11.9. The summed E-state index contributed by atoms with van der Waals surface area (Å²) in [5.74, 6) is -0.905. The first-order valence-corrected chi connectivity index (χ1v) is 7.53. The SMILES string of the molecule is COc1ccc(Cl)cc1NC(=O)C(=O)NCCC(O)c1ccco1. The standard InChI is InChI=1S/C16H17ClN2O5/c1-23-13-5-4-10(17)9-11(13)19-16(22)15(21)18-7-6-12(20)14-3-2-8-24-14/h2-5,8-9,12,20H,6-7H2,1H3,(H,18,21)(H,19,22). The molecule has 24 heavy (non-hydrogen) atoms. The molecule has 2 aromatic rings. The number of carbonyl (C=O) groups excluding carboxylic acids is 2. The maximum Gasteiger partial charge on any atom is 0.313 e. The fourth-order valence-electron chi connectivity index (χ4n) is 1.98. The van der Waals surface area contributed by atoms with Gasteiger partial charge in [-0.15, -0.1) is 0 Å². The first-order chi connectivity index (χ1) is 11.5. The predicted octanol–water partition coefficient (Wildman–Crippen LogP) is 2.12. The van der Waals surface area contributed by atoms with Crippen molar-refractivity contribution in [3.8, 4) is 5.75 Å². The zero-order chi connectivity index (χ0) is 17.5. The number of ether oxygens (including phenoxy) is 1. The maximum atomic E-state index is 11.9. The number of nitrogens with one attached hydrogen (secondary N) is 2. The van der Waals surface area contributed by atoms with Gasteiger partial charge in [0.05, 0.1) is 19.1 Å². The molecule has 0 aliphatic carbocycles. The highest BCUT2D eigenvalue weighted by atomic mass is 35.5. The summed E-state index contributed by atoms with van der Waals surface area (Å²) in [6.07, 6.45) is 0.812. The van der Waals surface area contributed by atoms with E-state index in [4.69, 9.17) is 20.8 Å². The van der Waals surface area contributed by atoms with Crippen LogP contribution in [-0.2, 0) is 9.59 Å². The second-order valence-corrected chi connectivity index (χ2v) is 5.31.